The Labute approximate surface area is 131 Å². The van der Waals surface area contributed by atoms with Crippen molar-refractivity contribution in [2.45, 2.75) is 6.92 Å². The van der Waals surface area contributed by atoms with E-state index < -0.39 is 0 Å². The van der Waals surface area contributed by atoms with Crippen molar-refractivity contribution in [3.05, 3.63) is 47.3 Å². The van der Waals surface area contributed by atoms with Gasteiger partial charge in [-0.2, -0.15) is 10.2 Å². The van der Waals surface area contributed by atoms with E-state index in [1.807, 2.05) is 0 Å². The molecule has 0 aromatic carbocycles. The maximum absolute atomic E-state index is 10.2. The molecular formula is C14H16N4O5. The standard InChI is InChI=1S/C8H8N2O2.C6H4O3.H4N2/c1-2-9-10-5-7-3-4-8(6-11)12-7;7-3-5-1-2-6(4-8)9-5;1-2/h2-6H,1H3;1-4H;1-2H2/b9-2+,10-5+;;. The number of carbonyl (C=O) groups is 3. The molecule has 0 unspecified atom stereocenters. The second-order valence-electron chi connectivity index (χ2n) is 3.45. The number of rotatable bonds is 5. The second kappa shape index (κ2) is 12.6. The number of hydrazine groups is 1. The van der Waals surface area contributed by atoms with Gasteiger partial charge < -0.3 is 8.83 Å². The molecule has 9 heteroatoms. The fraction of sp³-hybridized carbons (Fsp3) is 0.0714. The van der Waals surface area contributed by atoms with Crippen molar-refractivity contribution in [2.24, 2.45) is 21.9 Å². The van der Waals surface area contributed by atoms with E-state index in [1.165, 1.54) is 18.3 Å². The second-order valence-corrected chi connectivity index (χ2v) is 3.45. The summed E-state index contributed by atoms with van der Waals surface area (Å²) in [6.07, 6.45) is 4.73. The lowest BCUT2D eigenvalue weighted by Crippen LogP contribution is -2.02. The number of hydrogen-bond donors (Lipinski definition) is 2. The minimum absolute atomic E-state index is 0.178. The number of furan rings is 2. The highest BCUT2D eigenvalue weighted by Gasteiger charge is 1.96. The molecule has 0 amide bonds. The molecule has 4 N–H and O–H groups in total. The van der Waals surface area contributed by atoms with Gasteiger partial charge in [0.2, 0.25) is 0 Å². The molecule has 2 heterocycles. The molecule has 0 aliphatic carbocycles. The molecule has 122 valence electrons. The summed E-state index contributed by atoms with van der Waals surface area (Å²) in [5, 5.41) is 7.24. The van der Waals surface area contributed by atoms with Gasteiger partial charge in [-0.3, -0.25) is 26.1 Å². The lowest BCUT2D eigenvalue weighted by Gasteiger charge is -1.80. The molecule has 0 fully saturated rings. The molecule has 0 atom stereocenters. The number of nitrogens with two attached hydrogens (primary N) is 2. The first-order valence-electron chi connectivity index (χ1n) is 6.13. The maximum Gasteiger partial charge on any atom is 0.185 e. The van der Waals surface area contributed by atoms with Gasteiger partial charge in [0, 0.05) is 6.21 Å². The van der Waals surface area contributed by atoms with E-state index in [4.69, 9.17) is 4.42 Å². The zero-order chi connectivity index (χ0) is 17.5. The average molecular weight is 320 g/mol. The van der Waals surface area contributed by atoms with E-state index in [2.05, 4.69) is 26.3 Å². The summed E-state index contributed by atoms with van der Waals surface area (Å²) in [7, 11) is 0. The van der Waals surface area contributed by atoms with E-state index in [9.17, 15) is 14.4 Å². The molecule has 0 spiro atoms. The van der Waals surface area contributed by atoms with Crippen molar-refractivity contribution in [1.29, 1.82) is 0 Å². The summed E-state index contributed by atoms with van der Waals surface area (Å²) in [5.74, 6) is 9.16. The Morgan fingerprint density at radius 3 is 1.52 bits per heavy atom. The van der Waals surface area contributed by atoms with Crippen LogP contribution in [0.25, 0.3) is 0 Å². The highest BCUT2D eigenvalue weighted by atomic mass is 16.4. The zero-order valence-electron chi connectivity index (χ0n) is 12.3. The first-order valence-corrected chi connectivity index (χ1v) is 6.13. The minimum atomic E-state index is 0.178. The highest BCUT2D eigenvalue weighted by molar-refractivity contribution is 5.79. The van der Waals surface area contributed by atoms with Crippen molar-refractivity contribution >= 4 is 31.3 Å². The van der Waals surface area contributed by atoms with E-state index in [1.54, 1.807) is 25.3 Å². The van der Waals surface area contributed by atoms with Crippen LogP contribution in [0.1, 0.15) is 44.3 Å². The van der Waals surface area contributed by atoms with Crippen LogP contribution in [0.2, 0.25) is 0 Å². The van der Waals surface area contributed by atoms with Gasteiger partial charge in [0.25, 0.3) is 0 Å². The van der Waals surface area contributed by atoms with Gasteiger partial charge in [0.15, 0.2) is 36.1 Å². The molecule has 0 aliphatic heterocycles. The summed E-state index contributed by atoms with van der Waals surface area (Å²) in [6, 6.07) is 6.11. The quantitative estimate of drug-likeness (QED) is 0.363. The van der Waals surface area contributed by atoms with Crippen LogP contribution in [-0.4, -0.2) is 31.3 Å². The van der Waals surface area contributed by atoms with Gasteiger partial charge in [-0.15, -0.1) is 0 Å². The number of aldehydes is 3. The Morgan fingerprint density at radius 2 is 1.17 bits per heavy atom. The van der Waals surface area contributed by atoms with E-state index in [-0.39, 0.29) is 17.3 Å². The molecule has 0 radical (unpaired) electrons. The zero-order valence-corrected chi connectivity index (χ0v) is 12.3. The molecule has 0 bridgehead atoms. The van der Waals surface area contributed by atoms with Crippen molar-refractivity contribution in [3.63, 3.8) is 0 Å². The fourth-order valence-electron chi connectivity index (χ4n) is 1.15. The molecule has 0 aliphatic rings. The Balaban J connectivity index is 0.000000392. The molecule has 9 nitrogen and oxygen atoms in total. The van der Waals surface area contributed by atoms with Crippen LogP contribution in [0.5, 0.6) is 0 Å². The number of hydrogen-bond acceptors (Lipinski definition) is 9. The molecule has 0 saturated carbocycles. The number of carbonyl (C=O) groups excluding carboxylic acids is 3. The summed E-state index contributed by atoms with van der Waals surface area (Å²) in [4.78, 5) is 30.0. The smallest absolute Gasteiger partial charge is 0.185 e. The van der Waals surface area contributed by atoms with Gasteiger partial charge in [-0.05, 0) is 31.2 Å². The van der Waals surface area contributed by atoms with Gasteiger partial charge in [-0.1, -0.05) is 0 Å². The highest BCUT2D eigenvalue weighted by Crippen LogP contribution is 2.02. The van der Waals surface area contributed by atoms with Gasteiger partial charge in [0.05, 0.1) is 6.21 Å². The molecule has 2 aromatic rings. The van der Waals surface area contributed by atoms with Crippen molar-refractivity contribution in [1.82, 2.24) is 0 Å². The average Bonchev–Trinajstić information content (AvgIpc) is 3.26. The van der Waals surface area contributed by atoms with E-state index in [0.717, 1.165) is 0 Å². The van der Waals surface area contributed by atoms with Crippen LogP contribution >= 0.6 is 0 Å². The van der Waals surface area contributed by atoms with Crippen LogP contribution in [0.15, 0.2) is 43.3 Å². The normalized spacial score (nSPS) is 9.70. The molecule has 2 rings (SSSR count). The fourth-order valence-corrected chi connectivity index (χ4v) is 1.15. The molecule has 23 heavy (non-hydrogen) atoms. The SMILES string of the molecule is C/C=N/N=C/c1ccc(C=O)o1.NN.O=Cc1ccc(C=O)o1. The van der Waals surface area contributed by atoms with Crippen molar-refractivity contribution in [3.8, 4) is 0 Å². The van der Waals surface area contributed by atoms with Crippen LogP contribution in [0, 0.1) is 0 Å². The first-order chi connectivity index (χ1) is 11.2. The van der Waals surface area contributed by atoms with Crippen molar-refractivity contribution < 1.29 is 23.2 Å². The summed E-state index contributed by atoms with van der Waals surface area (Å²) in [5.41, 5.74) is 0. The predicted octanol–water partition coefficient (Wildman–Crippen LogP) is 1.24. The number of nitrogens with zero attached hydrogens (tertiary/aromatic N) is 2. The van der Waals surface area contributed by atoms with Crippen LogP contribution in [0.3, 0.4) is 0 Å². The van der Waals surface area contributed by atoms with Crippen LogP contribution < -0.4 is 11.7 Å². The first kappa shape index (κ1) is 19.8. The summed E-state index contributed by atoms with van der Waals surface area (Å²) < 4.78 is 9.63. The largest absolute Gasteiger partial charge is 0.452 e. The Kier molecular flexibility index (Phi) is 10.8. The minimum Gasteiger partial charge on any atom is -0.452 e. The van der Waals surface area contributed by atoms with Crippen LogP contribution in [0.4, 0.5) is 0 Å². The molecular weight excluding hydrogens is 304 g/mol. The van der Waals surface area contributed by atoms with Crippen molar-refractivity contribution in [2.75, 3.05) is 0 Å². The lowest BCUT2D eigenvalue weighted by atomic mass is 10.4. The van der Waals surface area contributed by atoms with Gasteiger partial charge >= 0.3 is 0 Å². The maximum atomic E-state index is 10.2. The summed E-state index contributed by atoms with van der Waals surface area (Å²) >= 11 is 0. The third-order valence-electron chi connectivity index (χ3n) is 2.01. The summed E-state index contributed by atoms with van der Waals surface area (Å²) in [6.45, 7) is 1.76. The van der Waals surface area contributed by atoms with Gasteiger partial charge in [0.1, 0.15) is 5.76 Å². The molecule has 0 saturated heterocycles. The lowest BCUT2D eigenvalue weighted by molar-refractivity contribution is 0.107. The predicted molar refractivity (Wildman–Crippen MR) is 83.7 cm³/mol. The Bertz CT molecular complexity index is 635. The van der Waals surface area contributed by atoms with E-state index in [0.29, 0.717) is 24.6 Å². The van der Waals surface area contributed by atoms with E-state index >= 15 is 0 Å². The Hall–Kier alpha value is -3.17. The molecule has 2 aromatic heterocycles. The van der Waals surface area contributed by atoms with Gasteiger partial charge in [-0.25, -0.2) is 0 Å². The topological polar surface area (TPSA) is 154 Å². The Morgan fingerprint density at radius 1 is 0.783 bits per heavy atom. The third kappa shape index (κ3) is 7.99. The van der Waals surface area contributed by atoms with Crippen LogP contribution in [-0.2, 0) is 0 Å². The third-order valence-corrected chi connectivity index (χ3v) is 2.01. The monoisotopic (exact) mass is 320 g/mol.